The summed E-state index contributed by atoms with van der Waals surface area (Å²) < 4.78 is 9.98. The van der Waals surface area contributed by atoms with E-state index in [9.17, 15) is 14.4 Å². The van der Waals surface area contributed by atoms with Crippen molar-refractivity contribution in [3.05, 3.63) is 0 Å². The molecule has 0 radical (unpaired) electrons. The lowest BCUT2D eigenvalue weighted by molar-refractivity contribution is -0.161. The van der Waals surface area contributed by atoms with E-state index in [1.54, 1.807) is 20.8 Å². The lowest BCUT2D eigenvalue weighted by atomic mass is 10.1. The van der Waals surface area contributed by atoms with Crippen LogP contribution in [0.5, 0.6) is 0 Å². The van der Waals surface area contributed by atoms with E-state index in [1.165, 1.54) is 0 Å². The molecule has 23 heavy (non-hydrogen) atoms. The summed E-state index contributed by atoms with van der Waals surface area (Å²) in [5.74, 6) is -1.26. The number of carbonyl (C=O) groups excluding carboxylic acids is 3. The van der Waals surface area contributed by atoms with Gasteiger partial charge >= 0.3 is 18.0 Å². The second-order valence-corrected chi connectivity index (χ2v) is 6.59. The third kappa shape index (κ3) is 11.6. The summed E-state index contributed by atoms with van der Waals surface area (Å²) >= 11 is 0. The number of nitrogens with one attached hydrogen (secondary N) is 1. The topological polar surface area (TPSA) is 81.7 Å². The minimum atomic E-state index is -0.861. The number of esters is 2. The predicted molar refractivity (Wildman–Crippen MR) is 87.9 cm³/mol. The number of alkyl carbamates (subject to hydrolysis) is 1. The average molecular weight is 329 g/mol. The zero-order valence-corrected chi connectivity index (χ0v) is 15.1. The largest absolute Gasteiger partial charge is 0.444 e. The van der Waals surface area contributed by atoms with Crippen molar-refractivity contribution in [1.29, 1.82) is 0 Å². The average Bonchev–Trinajstić information content (AvgIpc) is 2.41. The van der Waals surface area contributed by atoms with Crippen molar-refractivity contribution >= 4 is 18.0 Å². The Morgan fingerprint density at radius 1 is 1.00 bits per heavy atom. The second kappa shape index (κ2) is 11.0. The van der Waals surface area contributed by atoms with Crippen LogP contribution < -0.4 is 5.32 Å². The first-order valence-electron chi connectivity index (χ1n) is 8.43. The molecule has 0 fully saturated rings. The third-order valence-electron chi connectivity index (χ3n) is 3.02. The van der Waals surface area contributed by atoms with Gasteiger partial charge in [-0.25, -0.2) is 9.59 Å². The van der Waals surface area contributed by atoms with Gasteiger partial charge in [-0.05, 0) is 33.6 Å². The van der Waals surface area contributed by atoms with Gasteiger partial charge in [-0.15, -0.1) is 0 Å². The highest BCUT2D eigenvalue weighted by molar-refractivity contribution is 5.90. The molecule has 0 heterocycles. The number of hydrogen-bond acceptors (Lipinski definition) is 5. The van der Waals surface area contributed by atoms with Crippen molar-refractivity contribution in [1.82, 2.24) is 5.32 Å². The Balaban J connectivity index is 4.53. The zero-order valence-electron chi connectivity index (χ0n) is 15.1. The van der Waals surface area contributed by atoms with Gasteiger partial charge in [0.1, 0.15) is 11.6 Å². The van der Waals surface area contributed by atoms with E-state index in [1.807, 2.05) is 13.8 Å². The summed E-state index contributed by atoms with van der Waals surface area (Å²) in [5.41, 5.74) is -0.654. The van der Waals surface area contributed by atoms with Crippen LogP contribution in [-0.4, -0.2) is 29.7 Å². The molecule has 0 saturated heterocycles. The number of carbonyl (C=O) groups is 3. The Morgan fingerprint density at radius 3 is 2.13 bits per heavy atom. The lowest BCUT2D eigenvalue weighted by Crippen LogP contribution is -2.44. The molecule has 0 aromatic carbocycles. The molecular weight excluding hydrogens is 298 g/mol. The van der Waals surface area contributed by atoms with Gasteiger partial charge in [0.2, 0.25) is 0 Å². The van der Waals surface area contributed by atoms with Crippen LogP contribution in [0.3, 0.4) is 0 Å². The smallest absolute Gasteiger partial charge is 0.408 e. The highest BCUT2D eigenvalue weighted by Gasteiger charge is 2.26. The first kappa shape index (κ1) is 21.4. The van der Waals surface area contributed by atoms with Crippen LogP contribution in [0.2, 0.25) is 0 Å². The minimum absolute atomic E-state index is 0.215. The van der Waals surface area contributed by atoms with Crippen LogP contribution in [0.4, 0.5) is 4.79 Å². The first-order valence-corrected chi connectivity index (χ1v) is 8.43. The van der Waals surface area contributed by atoms with Gasteiger partial charge < -0.3 is 14.8 Å². The molecule has 0 aliphatic carbocycles. The van der Waals surface area contributed by atoms with Crippen molar-refractivity contribution in [2.24, 2.45) is 0 Å². The first-order chi connectivity index (χ1) is 10.7. The summed E-state index contributed by atoms with van der Waals surface area (Å²) in [6.45, 7) is 9.23. The van der Waals surface area contributed by atoms with E-state index < -0.39 is 29.7 Å². The lowest BCUT2D eigenvalue weighted by Gasteiger charge is -2.22. The van der Waals surface area contributed by atoms with Crippen molar-refractivity contribution in [2.45, 2.75) is 91.2 Å². The van der Waals surface area contributed by atoms with Crippen LogP contribution >= 0.6 is 0 Å². The number of hydrogen-bond donors (Lipinski definition) is 1. The molecule has 0 aromatic rings. The van der Waals surface area contributed by atoms with E-state index in [-0.39, 0.29) is 6.42 Å². The van der Waals surface area contributed by atoms with Gasteiger partial charge in [0.25, 0.3) is 0 Å². The van der Waals surface area contributed by atoms with Crippen LogP contribution in [0, 0.1) is 0 Å². The van der Waals surface area contributed by atoms with Crippen LogP contribution in [0.25, 0.3) is 0 Å². The van der Waals surface area contributed by atoms with Gasteiger partial charge in [0.15, 0.2) is 0 Å². The quantitative estimate of drug-likeness (QED) is 0.396. The van der Waals surface area contributed by atoms with Crippen molar-refractivity contribution < 1.29 is 23.9 Å². The van der Waals surface area contributed by atoms with Gasteiger partial charge in [0.05, 0.1) is 0 Å². The number of unbranched alkanes of at least 4 members (excludes halogenated alkanes) is 3. The standard InChI is InChI=1S/C17H31NO5/c1-6-8-10-12-14(19)22-15(20)13(11-9-7-2)18-16(21)23-17(3,4)5/h13H,6-12H2,1-5H3,(H,18,21). The number of amides is 1. The Bertz CT molecular complexity index is 387. The van der Waals surface area contributed by atoms with Gasteiger partial charge in [-0.3, -0.25) is 4.79 Å². The highest BCUT2D eigenvalue weighted by Crippen LogP contribution is 2.10. The molecule has 1 atom stereocenters. The third-order valence-corrected chi connectivity index (χ3v) is 3.02. The van der Waals surface area contributed by atoms with E-state index in [2.05, 4.69) is 5.32 Å². The molecule has 6 nitrogen and oxygen atoms in total. The maximum Gasteiger partial charge on any atom is 0.408 e. The molecular formula is C17H31NO5. The molecule has 1 unspecified atom stereocenters. The van der Waals surface area contributed by atoms with Crippen molar-refractivity contribution in [3.8, 4) is 0 Å². The Morgan fingerprint density at radius 2 is 1.61 bits per heavy atom. The summed E-state index contributed by atoms with van der Waals surface area (Å²) in [6.07, 6.45) is 4.14. The SMILES string of the molecule is CCCCCC(=O)OC(=O)C(CCCC)NC(=O)OC(C)(C)C. The molecule has 6 heteroatoms. The molecule has 0 aliphatic rings. The van der Waals surface area contributed by atoms with Crippen molar-refractivity contribution in [2.75, 3.05) is 0 Å². The van der Waals surface area contributed by atoms with E-state index >= 15 is 0 Å². The normalized spacial score (nSPS) is 12.4. The summed E-state index contributed by atoms with van der Waals surface area (Å²) in [6, 6.07) is -0.861. The van der Waals surface area contributed by atoms with Gasteiger partial charge in [-0.1, -0.05) is 39.5 Å². The molecule has 0 bridgehead atoms. The fourth-order valence-electron chi connectivity index (χ4n) is 1.86. The van der Waals surface area contributed by atoms with Crippen LogP contribution in [0.15, 0.2) is 0 Å². The second-order valence-electron chi connectivity index (χ2n) is 6.59. The molecule has 1 amide bonds. The molecule has 134 valence electrons. The van der Waals surface area contributed by atoms with E-state index in [0.717, 1.165) is 25.7 Å². The highest BCUT2D eigenvalue weighted by atomic mass is 16.6. The van der Waals surface area contributed by atoms with Crippen molar-refractivity contribution in [3.63, 3.8) is 0 Å². The van der Waals surface area contributed by atoms with E-state index in [0.29, 0.717) is 12.8 Å². The molecule has 1 N–H and O–H groups in total. The number of rotatable bonds is 9. The maximum atomic E-state index is 12.1. The monoisotopic (exact) mass is 329 g/mol. The van der Waals surface area contributed by atoms with Gasteiger partial charge in [-0.2, -0.15) is 0 Å². The summed E-state index contributed by atoms with van der Waals surface area (Å²) in [5, 5.41) is 2.49. The van der Waals surface area contributed by atoms with Gasteiger partial charge in [0, 0.05) is 6.42 Å². The molecule has 0 aliphatic heterocycles. The van der Waals surface area contributed by atoms with E-state index in [4.69, 9.17) is 9.47 Å². The molecule has 0 saturated carbocycles. The minimum Gasteiger partial charge on any atom is -0.444 e. The predicted octanol–water partition coefficient (Wildman–Crippen LogP) is 3.72. The fourth-order valence-corrected chi connectivity index (χ4v) is 1.86. The number of ether oxygens (including phenoxy) is 2. The molecule has 0 rings (SSSR count). The Kier molecular flexibility index (Phi) is 10.3. The molecule has 0 aromatic heterocycles. The molecule has 0 spiro atoms. The Labute approximate surface area is 139 Å². The summed E-state index contributed by atoms with van der Waals surface area (Å²) in [4.78, 5) is 35.5. The zero-order chi connectivity index (χ0) is 17.9. The summed E-state index contributed by atoms with van der Waals surface area (Å²) in [7, 11) is 0. The Hall–Kier alpha value is -1.59. The fraction of sp³-hybridized carbons (Fsp3) is 0.824. The van der Waals surface area contributed by atoms with Crippen LogP contribution in [0.1, 0.15) is 79.6 Å². The maximum absolute atomic E-state index is 12.1. The van der Waals surface area contributed by atoms with Crippen LogP contribution in [-0.2, 0) is 19.1 Å².